The fourth-order valence-corrected chi connectivity index (χ4v) is 1.90. The molecule has 96 valence electrons. The van der Waals surface area contributed by atoms with Gasteiger partial charge in [0, 0.05) is 25.4 Å². The van der Waals surface area contributed by atoms with Crippen molar-refractivity contribution in [1.29, 1.82) is 0 Å². The summed E-state index contributed by atoms with van der Waals surface area (Å²) in [5.41, 5.74) is 2.43. The van der Waals surface area contributed by atoms with Crippen molar-refractivity contribution in [2.24, 2.45) is 5.84 Å². The molecule has 7 heteroatoms. The van der Waals surface area contributed by atoms with Gasteiger partial charge in [-0.15, -0.1) is 0 Å². The van der Waals surface area contributed by atoms with E-state index in [0.29, 0.717) is 12.4 Å². The number of anilines is 2. The Bertz CT molecular complexity index is 361. The summed E-state index contributed by atoms with van der Waals surface area (Å²) in [7, 11) is 0. The van der Waals surface area contributed by atoms with Crippen LogP contribution in [-0.4, -0.2) is 34.3 Å². The minimum atomic E-state index is 0.161. The van der Waals surface area contributed by atoms with E-state index in [4.69, 9.17) is 10.9 Å². The summed E-state index contributed by atoms with van der Waals surface area (Å²) in [6, 6.07) is 0.276. The van der Waals surface area contributed by atoms with Crippen LogP contribution in [0.2, 0.25) is 0 Å². The van der Waals surface area contributed by atoms with Gasteiger partial charge in [0.15, 0.2) is 0 Å². The SMILES string of the molecule is CC(C)N(CCCO)c1nc(NN)ncc1Br. The zero-order valence-electron chi connectivity index (χ0n) is 10.0. The maximum absolute atomic E-state index is 8.91. The van der Waals surface area contributed by atoms with Crippen LogP contribution in [0.1, 0.15) is 20.3 Å². The van der Waals surface area contributed by atoms with Gasteiger partial charge < -0.3 is 10.0 Å². The molecular formula is C10H18BrN5O. The third kappa shape index (κ3) is 3.79. The molecule has 0 aliphatic heterocycles. The molecule has 4 N–H and O–H groups in total. The van der Waals surface area contributed by atoms with Crippen LogP contribution in [-0.2, 0) is 0 Å². The maximum atomic E-state index is 8.91. The average Bonchev–Trinajstić information content (AvgIpc) is 2.31. The summed E-state index contributed by atoms with van der Waals surface area (Å²) in [5.74, 6) is 6.44. The minimum absolute atomic E-state index is 0.161. The van der Waals surface area contributed by atoms with Crippen LogP contribution in [0.15, 0.2) is 10.7 Å². The van der Waals surface area contributed by atoms with Crippen LogP contribution in [0.3, 0.4) is 0 Å². The molecule has 1 heterocycles. The molecule has 0 radical (unpaired) electrons. The maximum Gasteiger partial charge on any atom is 0.239 e. The molecule has 0 aromatic carbocycles. The molecule has 0 atom stereocenters. The van der Waals surface area contributed by atoms with Gasteiger partial charge in [0.2, 0.25) is 5.95 Å². The minimum Gasteiger partial charge on any atom is -0.396 e. The lowest BCUT2D eigenvalue weighted by Crippen LogP contribution is -2.33. The van der Waals surface area contributed by atoms with Crippen molar-refractivity contribution in [3.8, 4) is 0 Å². The molecule has 0 saturated carbocycles. The molecule has 1 aromatic rings. The molecule has 6 nitrogen and oxygen atoms in total. The van der Waals surface area contributed by atoms with E-state index in [1.54, 1.807) is 6.20 Å². The number of nitrogens with two attached hydrogens (primary N) is 1. The predicted octanol–water partition coefficient (Wildman–Crippen LogP) is 1.12. The molecule has 0 saturated heterocycles. The van der Waals surface area contributed by atoms with E-state index in [2.05, 4.69) is 50.1 Å². The molecule has 0 amide bonds. The van der Waals surface area contributed by atoms with Gasteiger partial charge in [-0.3, -0.25) is 5.43 Å². The topological polar surface area (TPSA) is 87.3 Å². The number of nitrogens with zero attached hydrogens (tertiary/aromatic N) is 3. The largest absolute Gasteiger partial charge is 0.396 e. The summed E-state index contributed by atoms with van der Waals surface area (Å²) in [6.07, 6.45) is 2.35. The van der Waals surface area contributed by atoms with Crippen LogP contribution in [0.5, 0.6) is 0 Å². The molecule has 0 bridgehead atoms. The van der Waals surface area contributed by atoms with Crippen molar-refractivity contribution in [2.45, 2.75) is 26.3 Å². The summed E-state index contributed by atoms with van der Waals surface area (Å²) in [4.78, 5) is 10.4. The highest BCUT2D eigenvalue weighted by Crippen LogP contribution is 2.25. The smallest absolute Gasteiger partial charge is 0.239 e. The Morgan fingerprint density at radius 2 is 2.29 bits per heavy atom. The van der Waals surface area contributed by atoms with Gasteiger partial charge in [0.1, 0.15) is 5.82 Å². The summed E-state index contributed by atoms with van der Waals surface area (Å²) in [6.45, 7) is 5.03. The van der Waals surface area contributed by atoms with E-state index in [-0.39, 0.29) is 12.6 Å². The number of rotatable bonds is 6. The highest BCUT2D eigenvalue weighted by atomic mass is 79.9. The Kier molecular flexibility index (Phi) is 5.60. The third-order valence-electron chi connectivity index (χ3n) is 2.31. The first-order valence-corrected chi connectivity index (χ1v) is 6.26. The van der Waals surface area contributed by atoms with E-state index < -0.39 is 0 Å². The molecule has 0 aliphatic carbocycles. The zero-order valence-corrected chi connectivity index (χ0v) is 11.6. The quantitative estimate of drug-likeness (QED) is 0.539. The highest BCUT2D eigenvalue weighted by molar-refractivity contribution is 9.10. The summed E-state index contributed by atoms with van der Waals surface area (Å²) >= 11 is 3.42. The van der Waals surface area contributed by atoms with Crippen molar-refractivity contribution >= 4 is 27.7 Å². The fourth-order valence-electron chi connectivity index (χ4n) is 1.48. The van der Waals surface area contributed by atoms with Crippen LogP contribution < -0.4 is 16.2 Å². The molecule has 0 spiro atoms. The number of aliphatic hydroxyl groups is 1. The number of hydrogen-bond acceptors (Lipinski definition) is 6. The number of halogens is 1. The van der Waals surface area contributed by atoms with Gasteiger partial charge in [-0.2, -0.15) is 4.98 Å². The normalized spacial score (nSPS) is 10.7. The lowest BCUT2D eigenvalue weighted by atomic mass is 10.3. The zero-order chi connectivity index (χ0) is 12.8. The molecule has 1 aromatic heterocycles. The molecule has 1 rings (SSSR count). The van der Waals surface area contributed by atoms with Gasteiger partial charge in [-0.1, -0.05) is 0 Å². The van der Waals surface area contributed by atoms with Gasteiger partial charge in [0.25, 0.3) is 0 Å². The second-order valence-electron chi connectivity index (χ2n) is 3.87. The Morgan fingerprint density at radius 1 is 1.59 bits per heavy atom. The van der Waals surface area contributed by atoms with Crippen LogP contribution >= 0.6 is 15.9 Å². The van der Waals surface area contributed by atoms with Crippen molar-refractivity contribution in [3.63, 3.8) is 0 Å². The van der Waals surface area contributed by atoms with Crippen LogP contribution in [0, 0.1) is 0 Å². The fraction of sp³-hybridized carbons (Fsp3) is 0.600. The number of nitrogen functional groups attached to an aromatic ring is 1. The third-order valence-corrected chi connectivity index (χ3v) is 2.87. The Morgan fingerprint density at radius 3 is 2.82 bits per heavy atom. The standard InChI is InChI=1S/C10H18BrN5O/c1-7(2)16(4-3-5-17)9-8(11)6-13-10(14-9)15-12/h6-7,17H,3-5,12H2,1-2H3,(H,13,14,15). The van der Waals surface area contributed by atoms with Crippen molar-refractivity contribution < 1.29 is 5.11 Å². The first-order chi connectivity index (χ1) is 8.10. The van der Waals surface area contributed by atoms with E-state index in [9.17, 15) is 0 Å². The summed E-state index contributed by atoms with van der Waals surface area (Å²) in [5, 5.41) is 8.91. The van der Waals surface area contributed by atoms with Gasteiger partial charge in [-0.05, 0) is 36.2 Å². The highest BCUT2D eigenvalue weighted by Gasteiger charge is 2.15. The molecule has 0 aliphatic rings. The average molecular weight is 304 g/mol. The van der Waals surface area contributed by atoms with Crippen LogP contribution in [0.4, 0.5) is 11.8 Å². The van der Waals surface area contributed by atoms with E-state index in [1.807, 2.05) is 0 Å². The molecule has 0 fully saturated rings. The first kappa shape index (κ1) is 14.1. The molecule has 0 unspecified atom stereocenters. The number of hydrogen-bond donors (Lipinski definition) is 3. The van der Waals surface area contributed by atoms with Crippen molar-refractivity contribution in [3.05, 3.63) is 10.7 Å². The monoisotopic (exact) mass is 303 g/mol. The molecular weight excluding hydrogens is 286 g/mol. The van der Waals surface area contributed by atoms with E-state index in [1.165, 1.54) is 0 Å². The van der Waals surface area contributed by atoms with Crippen molar-refractivity contribution in [2.75, 3.05) is 23.5 Å². The first-order valence-electron chi connectivity index (χ1n) is 5.46. The number of hydrazine groups is 1. The lowest BCUT2D eigenvalue weighted by Gasteiger charge is -2.28. The molecule has 17 heavy (non-hydrogen) atoms. The Labute approximate surface area is 109 Å². The number of aromatic nitrogens is 2. The summed E-state index contributed by atoms with van der Waals surface area (Å²) < 4.78 is 0.808. The van der Waals surface area contributed by atoms with E-state index >= 15 is 0 Å². The van der Waals surface area contributed by atoms with Gasteiger partial charge in [-0.25, -0.2) is 10.8 Å². The lowest BCUT2D eigenvalue weighted by molar-refractivity contribution is 0.288. The van der Waals surface area contributed by atoms with Crippen LogP contribution in [0.25, 0.3) is 0 Å². The Hall–Kier alpha value is -0.920. The van der Waals surface area contributed by atoms with E-state index in [0.717, 1.165) is 16.8 Å². The predicted molar refractivity (Wildman–Crippen MR) is 71.7 cm³/mol. The van der Waals surface area contributed by atoms with Crippen molar-refractivity contribution in [1.82, 2.24) is 9.97 Å². The second-order valence-corrected chi connectivity index (χ2v) is 4.73. The Balaban J connectivity index is 2.99. The second kappa shape index (κ2) is 6.73. The number of nitrogens with one attached hydrogen (secondary N) is 1. The van der Waals surface area contributed by atoms with Gasteiger partial charge in [0.05, 0.1) is 4.47 Å². The van der Waals surface area contributed by atoms with Gasteiger partial charge >= 0.3 is 0 Å². The number of aliphatic hydroxyl groups excluding tert-OH is 1.